The van der Waals surface area contributed by atoms with Gasteiger partial charge in [-0.15, -0.1) is 0 Å². The van der Waals surface area contributed by atoms with Crippen LogP contribution in [0.5, 0.6) is 0 Å². The van der Waals surface area contributed by atoms with E-state index in [0.29, 0.717) is 0 Å². The van der Waals surface area contributed by atoms with Crippen molar-refractivity contribution in [3.63, 3.8) is 0 Å². The predicted octanol–water partition coefficient (Wildman–Crippen LogP) is 7.12. The Labute approximate surface area is 146 Å². The summed E-state index contributed by atoms with van der Waals surface area (Å²) in [5.74, 6) is 0. The molecule has 0 nitrogen and oxygen atoms in total. The van der Waals surface area contributed by atoms with Crippen LogP contribution in [0.4, 0.5) is 0 Å². The first kappa shape index (κ1) is 21.3. The molecule has 0 aromatic heterocycles. The molecule has 1 aromatic rings. The van der Waals surface area contributed by atoms with Gasteiger partial charge in [-0.05, 0) is 56.7 Å². The number of rotatable bonds is 7. The van der Waals surface area contributed by atoms with Gasteiger partial charge in [-0.1, -0.05) is 63.8 Å². The van der Waals surface area contributed by atoms with E-state index in [1.165, 1.54) is 20.3 Å². The van der Waals surface area contributed by atoms with Gasteiger partial charge in [-0.25, -0.2) is 0 Å². The van der Waals surface area contributed by atoms with Crippen LogP contribution in [0, 0.1) is 6.92 Å². The van der Waals surface area contributed by atoms with Crippen LogP contribution in [0.3, 0.4) is 0 Å². The molecule has 1 rings (SSSR count). The standard InChI is InChI=1S/C20H25S.C2H6/c1-6-10-12-19(9-4)21(18(8-3)11-7-2)20-15-13-17(5)14-16-20;1-2/h6,8-16H,1,3,7H2,2,4-5H3;1-2H3/q+1;/b12-10-,18-11+,19-9+;. The maximum absolute atomic E-state index is 4.01. The highest BCUT2D eigenvalue weighted by atomic mass is 32.2. The summed E-state index contributed by atoms with van der Waals surface area (Å²) >= 11 is 0. The summed E-state index contributed by atoms with van der Waals surface area (Å²) < 4.78 is 0. The summed E-state index contributed by atoms with van der Waals surface area (Å²) in [5.41, 5.74) is 1.28. The molecule has 0 bridgehead atoms. The molecule has 1 heteroatoms. The van der Waals surface area contributed by atoms with Crippen molar-refractivity contribution in [1.29, 1.82) is 0 Å². The van der Waals surface area contributed by atoms with Crippen molar-refractivity contribution in [3.8, 4) is 0 Å². The lowest BCUT2D eigenvalue weighted by Crippen LogP contribution is -2.07. The van der Waals surface area contributed by atoms with Crippen LogP contribution in [0.1, 0.15) is 39.7 Å². The molecule has 0 heterocycles. The smallest absolute Gasteiger partial charge is 0.0991 e. The van der Waals surface area contributed by atoms with Gasteiger partial charge in [0.2, 0.25) is 0 Å². The number of benzene rings is 1. The van der Waals surface area contributed by atoms with Crippen LogP contribution in [0.25, 0.3) is 0 Å². The van der Waals surface area contributed by atoms with E-state index in [1.807, 2.05) is 32.1 Å². The molecule has 0 fully saturated rings. The first-order valence-corrected chi connectivity index (χ1v) is 9.49. The SMILES string of the molecule is C=C/C=C\C(=C/C)[S+](/C(C=C)=C/CC)c1ccc(C)cc1.CC. The molecule has 0 aliphatic heterocycles. The van der Waals surface area contributed by atoms with E-state index in [0.717, 1.165) is 6.42 Å². The van der Waals surface area contributed by atoms with Crippen molar-refractivity contribution >= 4 is 10.9 Å². The minimum Gasteiger partial charge on any atom is -0.0991 e. The monoisotopic (exact) mass is 327 g/mol. The Hall–Kier alpha value is -1.73. The van der Waals surface area contributed by atoms with E-state index < -0.39 is 0 Å². The Morgan fingerprint density at radius 1 is 1.09 bits per heavy atom. The van der Waals surface area contributed by atoms with Gasteiger partial charge in [-0.2, -0.15) is 0 Å². The van der Waals surface area contributed by atoms with Crippen molar-refractivity contribution < 1.29 is 0 Å². The van der Waals surface area contributed by atoms with Gasteiger partial charge < -0.3 is 0 Å². The lowest BCUT2D eigenvalue weighted by atomic mass is 10.2. The van der Waals surface area contributed by atoms with Gasteiger partial charge >= 0.3 is 0 Å². The number of hydrogen-bond acceptors (Lipinski definition) is 0. The van der Waals surface area contributed by atoms with Crippen molar-refractivity contribution in [2.24, 2.45) is 0 Å². The van der Waals surface area contributed by atoms with E-state index in [-0.39, 0.29) is 10.9 Å². The van der Waals surface area contributed by atoms with E-state index in [2.05, 4.69) is 76.4 Å². The Balaban J connectivity index is 0.00000232. The largest absolute Gasteiger partial charge is 0.166 e. The molecule has 0 N–H and O–H groups in total. The van der Waals surface area contributed by atoms with Gasteiger partial charge in [0, 0.05) is 0 Å². The van der Waals surface area contributed by atoms with E-state index in [4.69, 9.17) is 0 Å². The minimum atomic E-state index is -0.104. The predicted molar refractivity (Wildman–Crippen MR) is 110 cm³/mol. The average Bonchev–Trinajstić information content (AvgIpc) is 2.60. The van der Waals surface area contributed by atoms with Crippen LogP contribution in [-0.4, -0.2) is 0 Å². The Morgan fingerprint density at radius 3 is 2.13 bits per heavy atom. The number of aryl methyl sites for hydroxylation is 1. The maximum atomic E-state index is 4.01. The zero-order valence-corrected chi connectivity index (χ0v) is 16.1. The molecule has 0 amide bonds. The molecular weight excluding hydrogens is 296 g/mol. The quantitative estimate of drug-likeness (QED) is 0.369. The normalized spacial score (nSPS) is 13.3. The zero-order chi connectivity index (χ0) is 17.7. The molecule has 0 saturated heterocycles. The summed E-state index contributed by atoms with van der Waals surface area (Å²) in [6, 6.07) is 8.78. The molecule has 1 atom stereocenters. The van der Waals surface area contributed by atoms with Crippen LogP contribution in [-0.2, 0) is 10.9 Å². The molecule has 0 aliphatic rings. The molecule has 1 unspecified atom stereocenters. The third-order valence-electron chi connectivity index (χ3n) is 3.02. The van der Waals surface area contributed by atoms with Crippen LogP contribution in [0.2, 0.25) is 0 Å². The lowest BCUT2D eigenvalue weighted by molar-refractivity contribution is 1.22. The number of allylic oxidation sites excluding steroid dienone is 6. The fourth-order valence-corrected chi connectivity index (χ4v) is 4.15. The first-order chi connectivity index (χ1) is 11.2. The average molecular weight is 328 g/mol. The summed E-state index contributed by atoms with van der Waals surface area (Å²) in [5, 5.41) is 0. The van der Waals surface area contributed by atoms with Crippen molar-refractivity contribution in [2.75, 3.05) is 0 Å². The Kier molecular flexibility index (Phi) is 11.8. The highest BCUT2D eigenvalue weighted by Gasteiger charge is 2.29. The fourth-order valence-electron chi connectivity index (χ4n) is 1.98. The summed E-state index contributed by atoms with van der Waals surface area (Å²) in [6.07, 6.45) is 13.4. The Morgan fingerprint density at radius 2 is 1.70 bits per heavy atom. The second-order valence-corrected chi connectivity index (χ2v) is 6.65. The van der Waals surface area contributed by atoms with Crippen molar-refractivity contribution in [2.45, 2.75) is 45.9 Å². The minimum absolute atomic E-state index is 0.104. The molecule has 0 radical (unpaired) electrons. The molecule has 0 spiro atoms. The molecule has 124 valence electrons. The molecule has 0 aliphatic carbocycles. The van der Waals surface area contributed by atoms with Crippen molar-refractivity contribution in [3.05, 3.63) is 89.3 Å². The molecule has 23 heavy (non-hydrogen) atoms. The second kappa shape index (κ2) is 12.8. The fraction of sp³-hybridized carbons (Fsp3) is 0.273. The van der Waals surface area contributed by atoms with Gasteiger partial charge in [0.1, 0.15) is 0 Å². The maximum Gasteiger partial charge on any atom is 0.166 e. The molecule has 1 aromatic carbocycles. The summed E-state index contributed by atoms with van der Waals surface area (Å²) in [6.45, 7) is 18.1. The van der Waals surface area contributed by atoms with Gasteiger partial charge in [0.05, 0.1) is 10.9 Å². The highest BCUT2D eigenvalue weighted by molar-refractivity contribution is 8.04. The third-order valence-corrected chi connectivity index (χ3v) is 5.41. The van der Waals surface area contributed by atoms with E-state index in [1.54, 1.807) is 0 Å². The van der Waals surface area contributed by atoms with Crippen LogP contribution < -0.4 is 0 Å². The van der Waals surface area contributed by atoms with Crippen LogP contribution >= 0.6 is 0 Å². The van der Waals surface area contributed by atoms with Crippen molar-refractivity contribution in [1.82, 2.24) is 0 Å². The van der Waals surface area contributed by atoms with E-state index in [9.17, 15) is 0 Å². The van der Waals surface area contributed by atoms with Gasteiger partial charge in [0.25, 0.3) is 0 Å². The third kappa shape index (κ3) is 6.92. The summed E-state index contributed by atoms with van der Waals surface area (Å²) in [7, 11) is -0.104. The topological polar surface area (TPSA) is 0 Å². The first-order valence-electron chi connectivity index (χ1n) is 8.26. The number of hydrogen-bond donors (Lipinski definition) is 0. The highest BCUT2D eigenvalue weighted by Crippen LogP contribution is 2.31. The van der Waals surface area contributed by atoms with Gasteiger partial charge in [0.15, 0.2) is 14.7 Å². The second-order valence-electron chi connectivity index (χ2n) is 4.62. The van der Waals surface area contributed by atoms with E-state index >= 15 is 0 Å². The molecular formula is C22H31S+. The Bertz CT molecular complexity index is 556. The van der Waals surface area contributed by atoms with Crippen LogP contribution in [0.15, 0.2) is 88.6 Å². The van der Waals surface area contributed by atoms with Gasteiger partial charge in [-0.3, -0.25) is 0 Å². The lowest BCUT2D eigenvalue weighted by Gasteiger charge is -2.09. The zero-order valence-electron chi connectivity index (χ0n) is 15.3. The molecule has 0 saturated carbocycles. The summed E-state index contributed by atoms with van der Waals surface area (Å²) in [4.78, 5) is 3.89.